The van der Waals surface area contributed by atoms with Crippen molar-refractivity contribution in [2.45, 2.75) is 18.9 Å². The van der Waals surface area contributed by atoms with Gasteiger partial charge in [0.25, 0.3) is 5.56 Å². The van der Waals surface area contributed by atoms with Crippen LogP contribution in [-0.4, -0.2) is 16.2 Å². The number of halogens is 2. The molecule has 0 amide bonds. The van der Waals surface area contributed by atoms with Crippen LogP contribution in [0.2, 0.25) is 5.02 Å². The highest BCUT2D eigenvalue weighted by molar-refractivity contribution is 6.31. The Kier molecular flexibility index (Phi) is 3.13. The molecule has 0 saturated heterocycles. The molecular weight excluding hydrogens is 317 g/mol. The van der Waals surface area contributed by atoms with Gasteiger partial charge in [-0.1, -0.05) is 29.8 Å². The standard InChI is InChI=1S/C17H13ClFN3O/c1-8-14(10-4-2-3-5-12(10)18)16-15-11(17(23)22-21-16)6-9(19)7-13(15)20-8/h2-8,14,20H,1H3,(H,22,23)/t8-,14+/m1/s1. The van der Waals surface area contributed by atoms with Crippen molar-refractivity contribution in [3.05, 3.63) is 68.8 Å². The van der Waals surface area contributed by atoms with Gasteiger partial charge in [0.05, 0.1) is 17.0 Å². The topological polar surface area (TPSA) is 57.8 Å². The van der Waals surface area contributed by atoms with Gasteiger partial charge in [0, 0.05) is 22.1 Å². The van der Waals surface area contributed by atoms with E-state index in [1.807, 2.05) is 31.2 Å². The highest BCUT2D eigenvalue weighted by atomic mass is 35.5. The highest BCUT2D eigenvalue weighted by Crippen LogP contribution is 2.41. The second kappa shape index (κ2) is 5.06. The maximum Gasteiger partial charge on any atom is 0.272 e. The fraction of sp³-hybridized carbons (Fsp3) is 0.176. The second-order valence-corrected chi connectivity index (χ2v) is 6.15. The third-order valence-electron chi connectivity index (χ3n) is 4.30. The summed E-state index contributed by atoms with van der Waals surface area (Å²) in [6.07, 6.45) is 0. The number of aromatic nitrogens is 2. The van der Waals surface area contributed by atoms with Crippen molar-refractivity contribution < 1.29 is 4.39 Å². The van der Waals surface area contributed by atoms with Crippen LogP contribution in [0, 0.1) is 5.82 Å². The average molecular weight is 330 g/mol. The lowest BCUT2D eigenvalue weighted by Gasteiger charge is -2.32. The molecule has 0 unspecified atom stereocenters. The predicted molar refractivity (Wildman–Crippen MR) is 88.7 cm³/mol. The third kappa shape index (κ3) is 2.11. The summed E-state index contributed by atoms with van der Waals surface area (Å²) in [5, 5.41) is 11.6. The lowest BCUT2D eigenvalue weighted by atomic mass is 9.83. The zero-order chi connectivity index (χ0) is 16.1. The van der Waals surface area contributed by atoms with Crippen molar-refractivity contribution in [3.63, 3.8) is 0 Å². The van der Waals surface area contributed by atoms with E-state index < -0.39 is 11.4 Å². The minimum atomic E-state index is -0.453. The molecule has 0 spiro atoms. The van der Waals surface area contributed by atoms with Gasteiger partial charge in [0.15, 0.2) is 0 Å². The molecule has 0 aliphatic carbocycles. The maximum absolute atomic E-state index is 13.8. The Labute approximate surface area is 136 Å². The van der Waals surface area contributed by atoms with Crippen LogP contribution in [0.5, 0.6) is 0 Å². The summed E-state index contributed by atoms with van der Waals surface area (Å²) in [4.78, 5) is 12.0. The van der Waals surface area contributed by atoms with E-state index in [1.165, 1.54) is 12.1 Å². The summed E-state index contributed by atoms with van der Waals surface area (Å²) in [6, 6.07) is 10.1. The van der Waals surface area contributed by atoms with E-state index in [4.69, 9.17) is 11.6 Å². The smallest absolute Gasteiger partial charge is 0.272 e. The molecule has 0 saturated carbocycles. The molecule has 2 aromatic carbocycles. The summed E-state index contributed by atoms with van der Waals surface area (Å²) >= 11 is 6.35. The molecule has 0 radical (unpaired) electrons. The zero-order valence-electron chi connectivity index (χ0n) is 12.2. The summed E-state index contributed by atoms with van der Waals surface area (Å²) in [5.74, 6) is -0.591. The van der Waals surface area contributed by atoms with Gasteiger partial charge in [-0.05, 0) is 30.7 Å². The molecule has 23 heavy (non-hydrogen) atoms. The van der Waals surface area contributed by atoms with Crippen molar-refractivity contribution in [2.75, 3.05) is 5.32 Å². The molecule has 1 aliphatic heterocycles. The van der Waals surface area contributed by atoms with E-state index in [9.17, 15) is 9.18 Å². The zero-order valence-corrected chi connectivity index (χ0v) is 13.0. The first-order valence-electron chi connectivity index (χ1n) is 7.29. The van der Waals surface area contributed by atoms with E-state index in [2.05, 4.69) is 15.5 Å². The number of aromatic amines is 1. The van der Waals surface area contributed by atoms with Crippen molar-refractivity contribution in [1.29, 1.82) is 0 Å². The van der Waals surface area contributed by atoms with Crippen molar-refractivity contribution in [1.82, 2.24) is 10.2 Å². The largest absolute Gasteiger partial charge is 0.381 e. The van der Waals surface area contributed by atoms with Crippen LogP contribution in [0.15, 0.2) is 41.2 Å². The first kappa shape index (κ1) is 14.2. The normalized spacial score (nSPS) is 19.6. The Balaban J connectivity index is 2.07. The van der Waals surface area contributed by atoms with Gasteiger partial charge >= 0.3 is 0 Å². The number of hydrogen-bond donors (Lipinski definition) is 2. The molecule has 0 fully saturated rings. The molecular formula is C17H13ClFN3O. The molecule has 6 heteroatoms. The Morgan fingerprint density at radius 1 is 1.26 bits per heavy atom. The minimum absolute atomic E-state index is 0.0502. The number of nitrogens with one attached hydrogen (secondary N) is 2. The molecule has 2 N–H and O–H groups in total. The number of H-pyrrole nitrogens is 1. The van der Waals surface area contributed by atoms with Crippen LogP contribution >= 0.6 is 11.6 Å². The molecule has 4 rings (SSSR count). The monoisotopic (exact) mass is 329 g/mol. The Morgan fingerprint density at radius 2 is 2.04 bits per heavy atom. The highest BCUT2D eigenvalue weighted by Gasteiger charge is 2.32. The molecule has 2 atom stereocenters. The van der Waals surface area contributed by atoms with Gasteiger partial charge < -0.3 is 5.32 Å². The first-order valence-corrected chi connectivity index (χ1v) is 7.67. The van der Waals surface area contributed by atoms with E-state index >= 15 is 0 Å². The number of nitrogens with zero attached hydrogens (tertiary/aromatic N) is 1. The maximum atomic E-state index is 13.8. The third-order valence-corrected chi connectivity index (χ3v) is 4.64. The lowest BCUT2D eigenvalue weighted by molar-refractivity contribution is 0.622. The van der Waals surface area contributed by atoms with E-state index in [1.54, 1.807) is 0 Å². The van der Waals surface area contributed by atoms with Gasteiger partial charge in [-0.15, -0.1) is 0 Å². The minimum Gasteiger partial charge on any atom is -0.381 e. The quantitative estimate of drug-likeness (QED) is 0.716. The second-order valence-electron chi connectivity index (χ2n) is 5.75. The number of rotatable bonds is 1. The van der Waals surface area contributed by atoms with Crippen LogP contribution in [0.1, 0.15) is 24.1 Å². The number of hydrogen-bond acceptors (Lipinski definition) is 3. The van der Waals surface area contributed by atoms with Crippen LogP contribution in [0.25, 0.3) is 10.8 Å². The van der Waals surface area contributed by atoms with Crippen molar-refractivity contribution >= 4 is 28.1 Å². The summed E-state index contributed by atoms with van der Waals surface area (Å²) < 4.78 is 13.8. The van der Waals surface area contributed by atoms with Crippen LogP contribution in [0.3, 0.4) is 0 Å². The fourth-order valence-corrected chi connectivity index (χ4v) is 3.59. The van der Waals surface area contributed by atoms with Gasteiger partial charge in [-0.3, -0.25) is 4.79 Å². The first-order chi connectivity index (χ1) is 11.1. The average Bonchev–Trinajstić information content (AvgIpc) is 2.51. The summed E-state index contributed by atoms with van der Waals surface area (Å²) in [7, 11) is 0. The molecule has 1 aliphatic rings. The van der Waals surface area contributed by atoms with Gasteiger partial charge in [-0.2, -0.15) is 5.10 Å². The SMILES string of the molecule is C[C@H]1Nc2cc(F)cc3c(=O)[nH]nc(c23)[C@@H]1c1ccccc1Cl. The lowest BCUT2D eigenvalue weighted by Crippen LogP contribution is -2.32. The molecule has 0 bridgehead atoms. The predicted octanol–water partition coefficient (Wildman–Crippen LogP) is 3.66. The van der Waals surface area contributed by atoms with E-state index in [0.717, 1.165) is 5.56 Å². The molecule has 1 aromatic heterocycles. The Morgan fingerprint density at radius 3 is 2.83 bits per heavy atom. The van der Waals surface area contributed by atoms with E-state index in [-0.39, 0.29) is 12.0 Å². The molecule has 116 valence electrons. The van der Waals surface area contributed by atoms with E-state index in [0.29, 0.717) is 27.2 Å². The van der Waals surface area contributed by atoms with Crippen molar-refractivity contribution in [2.24, 2.45) is 0 Å². The molecule has 4 nitrogen and oxygen atoms in total. The summed E-state index contributed by atoms with van der Waals surface area (Å²) in [6.45, 7) is 1.99. The van der Waals surface area contributed by atoms with Crippen molar-refractivity contribution in [3.8, 4) is 0 Å². The number of anilines is 1. The fourth-order valence-electron chi connectivity index (χ4n) is 3.34. The van der Waals surface area contributed by atoms with Crippen LogP contribution in [0.4, 0.5) is 10.1 Å². The Hall–Kier alpha value is -2.40. The van der Waals surface area contributed by atoms with Gasteiger partial charge in [0.1, 0.15) is 5.82 Å². The number of benzene rings is 2. The van der Waals surface area contributed by atoms with Crippen LogP contribution < -0.4 is 10.9 Å². The Bertz CT molecular complexity index is 985. The summed E-state index contributed by atoms with van der Waals surface area (Å²) in [5.41, 5.74) is 1.81. The molecule has 3 aromatic rings. The van der Waals surface area contributed by atoms with Gasteiger partial charge in [-0.25, -0.2) is 9.49 Å². The van der Waals surface area contributed by atoms with Crippen LogP contribution in [-0.2, 0) is 0 Å². The molecule has 2 heterocycles. The van der Waals surface area contributed by atoms with Gasteiger partial charge in [0.2, 0.25) is 0 Å².